The van der Waals surface area contributed by atoms with E-state index in [1.165, 1.54) is 12.1 Å². The number of hydrogen-bond donors (Lipinski definition) is 5. The Morgan fingerprint density at radius 2 is 1.46 bits per heavy atom. The zero-order valence-corrected chi connectivity index (χ0v) is 23.8. The zero-order valence-electron chi connectivity index (χ0n) is 23.8. The van der Waals surface area contributed by atoms with Crippen LogP contribution in [0.25, 0.3) is 0 Å². The van der Waals surface area contributed by atoms with Crippen molar-refractivity contribution in [2.24, 2.45) is 11.7 Å². The van der Waals surface area contributed by atoms with Gasteiger partial charge in [-0.1, -0.05) is 38.1 Å². The second kappa shape index (κ2) is 17.7. The molecule has 0 saturated carbocycles. The number of anilines is 4. The third-order valence-corrected chi connectivity index (χ3v) is 5.78. The summed E-state index contributed by atoms with van der Waals surface area (Å²) < 4.78 is 23.9. The minimum Gasteiger partial charge on any atom is -0.378 e. The van der Waals surface area contributed by atoms with Crippen molar-refractivity contribution in [3.05, 3.63) is 65.5 Å². The first-order chi connectivity index (χ1) is 19.9. The number of nitrogens with one attached hydrogen (secondary N) is 4. The molecule has 0 unspecified atom stereocenters. The van der Waals surface area contributed by atoms with Crippen LogP contribution in [-0.4, -0.2) is 66.9 Å². The van der Waals surface area contributed by atoms with Gasteiger partial charge in [0.25, 0.3) is 0 Å². The number of hydrogen-bond acceptors (Lipinski definition) is 10. The Balaban J connectivity index is 1.53. The van der Waals surface area contributed by atoms with Crippen LogP contribution in [0.3, 0.4) is 0 Å². The lowest BCUT2D eigenvalue weighted by Gasteiger charge is -2.12. The summed E-state index contributed by atoms with van der Waals surface area (Å²) in [5.41, 5.74) is 7.89. The summed E-state index contributed by atoms with van der Waals surface area (Å²) >= 11 is 0. The number of halogens is 1. The number of carbonyl (C=O) groups is 1. The number of aromatic nitrogens is 3. The van der Waals surface area contributed by atoms with Gasteiger partial charge in [-0.05, 0) is 47.7 Å². The fraction of sp³-hybridized carbons (Fsp3) is 0.448. The van der Waals surface area contributed by atoms with Crippen molar-refractivity contribution in [3.8, 4) is 0 Å². The maximum Gasteiger partial charge on any atom is 0.233 e. The average Bonchev–Trinajstić information content (AvgIpc) is 2.95. The summed E-state index contributed by atoms with van der Waals surface area (Å²) in [6.45, 7) is 8.27. The molecule has 0 spiro atoms. The number of rotatable bonds is 19. The SMILES string of the molecule is CC(C)CCNc1nc(NCc2ccc(F)cc2)nc(Nc2ccc(CC(=O)NCCOCCOCCN)cc2)n1. The second-order valence-electron chi connectivity index (χ2n) is 9.76. The van der Waals surface area contributed by atoms with Crippen molar-refractivity contribution in [2.75, 3.05) is 62.0 Å². The number of ether oxygens (including phenoxy) is 2. The van der Waals surface area contributed by atoms with E-state index in [1.54, 1.807) is 12.1 Å². The molecule has 0 fully saturated rings. The normalized spacial score (nSPS) is 11.0. The topological polar surface area (TPSA) is 148 Å². The highest BCUT2D eigenvalue weighted by molar-refractivity contribution is 5.78. The van der Waals surface area contributed by atoms with Gasteiger partial charge < -0.3 is 36.5 Å². The standard InChI is InChI=1S/C29H41FN8O3/c1-21(2)11-13-33-27-36-28(34-20-23-3-7-24(30)8-4-23)38-29(37-27)35-25-9-5-22(6-10-25)19-26(39)32-14-16-41-18-17-40-15-12-31/h3-10,21H,11-20,31H2,1-2H3,(H,32,39)(H3,33,34,35,36,37,38). The molecule has 1 heterocycles. The third-order valence-electron chi connectivity index (χ3n) is 5.78. The van der Waals surface area contributed by atoms with Crippen molar-refractivity contribution in [3.63, 3.8) is 0 Å². The van der Waals surface area contributed by atoms with Crippen LogP contribution in [0.15, 0.2) is 48.5 Å². The Labute approximate surface area is 240 Å². The summed E-state index contributed by atoms with van der Waals surface area (Å²) in [5.74, 6) is 1.38. The molecule has 0 aliphatic heterocycles. The lowest BCUT2D eigenvalue weighted by atomic mass is 10.1. The van der Waals surface area contributed by atoms with Gasteiger partial charge in [0.1, 0.15) is 5.82 Å². The molecule has 0 atom stereocenters. The largest absolute Gasteiger partial charge is 0.378 e. The van der Waals surface area contributed by atoms with E-state index >= 15 is 0 Å². The second-order valence-corrected chi connectivity index (χ2v) is 9.76. The van der Waals surface area contributed by atoms with Crippen molar-refractivity contribution in [2.45, 2.75) is 33.2 Å². The monoisotopic (exact) mass is 568 g/mol. The molecule has 0 aliphatic carbocycles. The Morgan fingerprint density at radius 3 is 2.15 bits per heavy atom. The molecule has 2 aromatic carbocycles. The molecule has 1 aromatic heterocycles. The summed E-state index contributed by atoms with van der Waals surface area (Å²) in [6.07, 6.45) is 1.23. The van der Waals surface area contributed by atoms with Crippen LogP contribution in [0, 0.1) is 11.7 Å². The van der Waals surface area contributed by atoms with Crippen LogP contribution < -0.4 is 27.0 Å². The number of amides is 1. The van der Waals surface area contributed by atoms with Crippen molar-refractivity contribution in [1.82, 2.24) is 20.3 Å². The van der Waals surface area contributed by atoms with Gasteiger partial charge in [-0.2, -0.15) is 15.0 Å². The van der Waals surface area contributed by atoms with Gasteiger partial charge in [-0.25, -0.2) is 4.39 Å². The predicted molar refractivity (Wildman–Crippen MR) is 159 cm³/mol. The highest BCUT2D eigenvalue weighted by atomic mass is 19.1. The minimum atomic E-state index is -0.283. The first-order valence-corrected chi connectivity index (χ1v) is 13.9. The molecule has 0 saturated heterocycles. The van der Waals surface area contributed by atoms with Crippen molar-refractivity contribution in [1.29, 1.82) is 0 Å². The van der Waals surface area contributed by atoms with E-state index < -0.39 is 0 Å². The quantitative estimate of drug-likeness (QED) is 0.136. The van der Waals surface area contributed by atoms with Gasteiger partial charge in [0.05, 0.1) is 32.8 Å². The molecule has 41 heavy (non-hydrogen) atoms. The zero-order chi connectivity index (χ0) is 29.3. The Morgan fingerprint density at radius 1 is 0.829 bits per heavy atom. The Bertz CT molecular complexity index is 1180. The highest BCUT2D eigenvalue weighted by Crippen LogP contribution is 2.18. The average molecular weight is 569 g/mol. The molecule has 12 heteroatoms. The van der Waals surface area contributed by atoms with Crippen molar-refractivity contribution >= 4 is 29.4 Å². The Hall–Kier alpha value is -3.87. The molecule has 0 aliphatic rings. The van der Waals surface area contributed by atoms with E-state index in [-0.39, 0.29) is 18.1 Å². The smallest absolute Gasteiger partial charge is 0.233 e. The van der Waals surface area contributed by atoms with E-state index in [0.29, 0.717) is 69.8 Å². The van der Waals surface area contributed by atoms with Gasteiger partial charge in [0, 0.05) is 31.9 Å². The summed E-state index contributed by atoms with van der Waals surface area (Å²) in [7, 11) is 0. The van der Waals surface area contributed by atoms with E-state index in [2.05, 4.69) is 50.1 Å². The molecular weight excluding hydrogens is 527 g/mol. The molecule has 0 radical (unpaired) electrons. The van der Waals surface area contributed by atoms with Crippen LogP contribution in [0.2, 0.25) is 0 Å². The predicted octanol–water partition coefficient (Wildman–Crippen LogP) is 3.48. The molecule has 3 aromatic rings. The highest BCUT2D eigenvalue weighted by Gasteiger charge is 2.09. The van der Waals surface area contributed by atoms with Gasteiger partial charge in [-0.3, -0.25) is 4.79 Å². The van der Waals surface area contributed by atoms with E-state index in [0.717, 1.165) is 29.8 Å². The maximum atomic E-state index is 13.2. The van der Waals surface area contributed by atoms with Gasteiger partial charge >= 0.3 is 0 Å². The molecular formula is C29H41FN8O3. The number of nitrogens with two attached hydrogens (primary N) is 1. The summed E-state index contributed by atoms with van der Waals surface area (Å²) in [4.78, 5) is 25.8. The molecule has 1 amide bonds. The minimum absolute atomic E-state index is 0.0832. The first-order valence-electron chi connectivity index (χ1n) is 13.9. The van der Waals surface area contributed by atoms with Crippen LogP contribution in [0.5, 0.6) is 0 Å². The van der Waals surface area contributed by atoms with Gasteiger partial charge in [0.15, 0.2) is 0 Å². The molecule has 0 bridgehead atoms. The van der Waals surface area contributed by atoms with Crippen LogP contribution >= 0.6 is 0 Å². The Kier molecular flexibility index (Phi) is 13.7. The van der Waals surface area contributed by atoms with E-state index in [1.807, 2.05) is 24.3 Å². The van der Waals surface area contributed by atoms with Crippen LogP contribution in [-0.2, 0) is 27.2 Å². The summed E-state index contributed by atoms with van der Waals surface area (Å²) in [6, 6.07) is 13.8. The lowest BCUT2D eigenvalue weighted by Crippen LogP contribution is -2.29. The van der Waals surface area contributed by atoms with Gasteiger partial charge in [0.2, 0.25) is 23.8 Å². The lowest BCUT2D eigenvalue weighted by molar-refractivity contribution is -0.120. The van der Waals surface area contributed by atoms with Crippen LogP contribution in [0.4, 0.5) is 27.9 Å². The number of carbonyl (C=O) groups excluding carboxylic acids is 1. The number of nitrogens with zero attached hydrogens (tertiary/aromatic N) is 3. The fourth-order valence-electron chi connectivity index (χ4n) is 3.60. The van der Waals surface area contributed by atoms with Crippen LogP contribution in [0.1, 0.15) is 31.4 Å². The number of benzene rings is 2. The molecule has 222 valence electrons. The van der Waals surface area contributed by atoms with Crippen molar-refractivity contribution < 1.29 is 18.7 Å². The fourth-order valence-corrected chi connectivity index (χ4v) is 3.60. The first kappa shape index (κ1) is 31.7. The van der Waals surface area contributed by atoms with E-state index in [9.17, 15) is 9.18 Å². The maximum absolute atomic E-state index is 13.2. The third kappa shape index (κ3) is 12.9. The molecule has 6 N–H and O–H groups in total. The molecule has 11 nitrogen and oxygen atoms in total. The molecule has 3 rings (SSSR count). The summed E-state index contributed by atoms with van der Waals surface area (Å²) in [5, 5.41) is 12.5. The van der Waals surface area contributed by atoms with E-state index in [4.69, 9.17) is 15.2 Å². The van der Waals surface area contributed by atoms with Gasteiger partial charge in [-0.15, -0.1) is 0 Å².